The van der Waals surface area contributed by atoms with Crippen LogP contribution in [0, 0.1) is 0 Å². The molecule has 0 saturated heterocycles. The Morgan fingerprint density at radius 2 is 2.13 bits per heavy atom. The smallest absolute Gasteiger partial charge is 0.545 e. The summed E-state index contributed by atoms with van der Waals surface area (Å²) in [4.78, 5) is 19.0. The van der Waals surface area contributed by atoms with E-state index in [4.69, 9.17) is 22.1 Å². The molecule has 0 aliphatic heterocycles. The van der Waals surface area contributed by atoms with Crippen molar-refractivity contribution in [1.29, 1.82) is 0 Å². The predicted octanol–water partition coefficient (Wildman–Crippen LogP) is -2.60. The zero-order valence-corrected chi connectivity index (χ0v) is 15.0. The van der Waals surface area contributed by atoms with E-state index in [-0.39, 0.29) is 46.8 Å². The SMILES string of the molecule is COc1ncc(-c2cc(Cl)c3c(N)ncnn23)cc1C(=O)[O-].[Na+]. The van der Waals surface area contributed by atoms with Gasteiger partial charge in [0.1, 0.15) is 11.8 Å². The van der Waals surface area contributed by atoms with Gasteiger partial charge in [-0.3, -0.25) is 0 Å². The zero-order chi connectivity index (χ0) is 15.9. The molecule has 8 nitrogen and oxygen atoms in total. The number of nitrogen functional groups attached to an aromatic ring is 1. The molecule has 0 aromatic carbocycles. The van der Waals surface area contributed by atoms with Crippen molar-refractivity contribution in [3.63, 3.8) is 0 Å². The third-order valence-corrected chi connectivity index (χ3v) is 3.38. The minimum Gasteiger partial charge on any atom is -0.545 e. The number of fused-ring (bicyclic) bond motifs is 1. The van der Waals surface area contributed by atoms with Crippen LogP contribution in [0.5, 0.6) is 5.88 Å². The van der Waals surface area contributed by atoms with Crippen LogP contribution < -0.4 is 45.1 Å². The molecular formula is C13H9ClN5NaO3. The maximum Gasteiger partial charge on any atom is 1.00 e. The molecule has 112 valence electrons. The van der Waals surface area contributed by atoms with E-state index >= 15 is 0 Å². The maximum absolute atomic E-state index is 11.2. The van der Waals surface area contributed by atoms with Gasteiger partial charge in [0.2, 0.25) is 5.88 Å². The second-order valence-corrected chi connectivity index (χ2v) is 4.76. The molecule has 23 heavy (non-hydrogen) atoms. The first-order valence-corrected chi connectivity index (χ1v) is 6.44. The number of pyridine rings is 1. The summed E-state index contributed by atoms with van der Waals surface area (Å²) in [5.41, 5.74) is 7.03. The van der Waals surface area contributed by atoms with Crippen LogP contribution in [-0.2, 0) is 0 Å². The Morgan fingerprint density at radius 3 is 2.78 bits per heavy atom. The number of hydrogen-bond donors (Lipinski definition) is 1. The standard InChI is InChI=1S/C13H10ClN5O3.Na/c1-22-12-7(13(20)21)2-6(4-16-12)9-3-8(14)10-11(15)17-5-18-19(9)10;/h2-5H,1H3,(H,20,21)(H2,15,17,18);/q;+1/p-1. The van der Waals surface area contributed by atoms with Gasteiger partial charge in [-0.25, -0.2) is 14.5 Å². The van der Waals surface area contributed by atoms with Crippen LogP contribution in [0.25, 0.3) is 16.8 Å². The van der Waals surface area contributed by atoms with Crippen molar-refractivity contribution < 1.29 is 44.2 Å². The molecule has 3 heterocycles. The van der Waals surface area contributed by atoms with Gasteiger partial charge < -0.3 is 20.4 Å². The Bertz CT molecular complexity index is 899. The van der Waals surface area contributed by atoms with Crippen LogP contribution in [0.1, 0.15) is 10.4 Å². The fourth-order valence-electron chi connectivity index (χ4n) is 2.13. The zero-order valence-electron chi connectivity index (χ0n) is 12.3. The number of hydrogen-bond acceptors (Lipinski definition) is 7. The molecule has 0 atom stereocenters. The van der Waals surface area contributed by atoms with Crippen molar-refractivity contribution in [2.45, 2.75) is 0 Å². The van der Waals surface area contributed by atoms with Crippen molar-refractivity contribution in [3.8, 4) is 17.1 Å². The summed E-state index contributed by atoms with van der Waals surface area (Å²) in [5, 5.41) is 15.6. The summed E-state index contributed by atoms with van der Waals surface area (Å²) < 4.78 is 6.36. The molecule has 0 radical (unpaired) electrons. The van der Waals surface area contributed by atoms with Gasteiger partial charge in [0.05, 0.1) is 29.4 Å². The number of ether oxygens (including phenoxy) is 1. The van der Waals surface area contributed by atoms with Crippen LogP contribution in [0.2, 0.25) is 5.02 Å². The first-order valence-electron chi connectivity index (χ1n) is 6.06. The van der Waals surface area contributed by atoms with Crippen molar-refractivity contribution >= 4 is 28.9 Å². The average Bonchev–Trinajstić information content (AvgIpc) is 2.85. The summed E-state index contributed by atoms with van der Waals surface area (Å²) in [5.74, 6) is -1.22. The van der Waals surface area contributed by atoms with Gasteiger partial charge in [-0.2, -0.15) is 5.10 Å². The van der Waals surface area contributed by atoms with Gasteiger partial charge in [-0.15, -0.1) is 0 Å². The topological polar surface area (TPSA) is 118 Å². The van der Waals surface area contributed by atoms with Gasteiger partial charge >= 0.3 is 29.6 Å². The normalized spacial score (nSPS) is 10.3. The number of methoxy groups -OCH3 is 1. The molecule has 0 amide bonds. The van der Waals surface area contributed by atoms with Crippen molar-refractivity contribution in [2.75, 3.05) is 12.8 Å². The molecule has 0 spiro atoms. The van der Waals surface area contributed by atoms with E-state index in [2.05, 4.69) is 15.1 Å². The van der Waals surface area contributed by atoms with Crippen LogP contribution in [0.3, 0.4) is 0 Å². The minimum atomic E-state index is -1.40. The molecular weight excluding hydrogens is 333 g/mol. The Balaban J connectivity index is 0.00000192. The molecule has 3 aromatic heterocycles. The number of carboxylic acids is 1. The van der Waals surface area contributed by atoms with Crippen LogP contribution in [0.15, 0.2) is 24.7 Å². The number of carbonyl (C=O) groups is 1. The summed E-state index contributed by atoms with van der Waals surface area (Å²) in [6, 6.07) is 2.97. The molecule has 3 rings (SSSR count). The first kappa shape index (κ1) is 17.5. The second-order valence-electron chi connectivity index (χ2n) is 4.35. The van der Waals surface area contributed by atoms with Gasteiger partial charge in [0, 0.05) is 11.8 Å². The molecule has 0 bridgehead atoms. The number of aromatic carboxylic acids is 1. The van der Waals surface area contributed by atoms with Crippen LogP contribution in [-0.4, -0.2) is 32.7 Å². The van der Waals surface area contributed by atoms with E-state index in [0.29, 0.717) is 21.8 Å². The van der Waals surface area contributed by atoms with E-state index in [1.54, 1.807) is 6.07 Å². The van der Waals surface area contributed by atoms with Crippen molar-refractivity contribution in [2.24, 2.45) is 0 Å². The number of anilines is 1. The second kappa shape index (κ2) is 6.71. The summed E-state index contributed by atoms with van der Waals surface area (Å²) in [7, 11) is 1.33. The van der Waals surface area contributed by atoms with Crippen molar-refractivity contribution in [1.82, 2.24) is 19.6 Å². The van der Waals surface area contributed by atoms with Crippen LogP contribution >= 0.6 is 11.6 Å². The number of nitrogens with zero attached hydrogens (tertiary/aromatic N) is 4. The number of aromatic nitrogens is 4. The number of carboxylic acid groups (broad SMARTS) is 1. The average molecular weight is 342 g/mol. The van der Waals surface area contributed by atoms with E-state index in [9.17, 15) is 9.90 Å². The van der Waals surface area contributed by atoms with Gasteiger partial charge in [0.15, 0.2) is 5.82 Å². The molecule has 10 heteroatoms. The maximum atomic E-state index is 11.2. The molecule has 2 N–H and O–H groups in total. The number of halogens is 1. The summed E-state index contributed by atoms with van der Waals surface area (Å²) in [6.07, 6.45) is 2.72. The van der Waals surface area contributed by atoms with E-state index < -0.39 is 5.97 Å². The molecule has 0 aliphatic carbocycles. The molecule has 0 unspecified atom stereocenters. The van der Waals surface area contributed by atoms with E-state index in [0.717, 1.165) is 0 Å². The molecule has 3 aromatic rings. The molecule has 0 fully saturated rings. The van der Waals surface area contributed by atoms with Gasteiger partial charge in [-0.1, -0.05) is 11.6 Å². The third-order valence-electron chi connectivity index (χ3n) is 3.10. The summed E-state index contributed by atoms with van der Waals surface area (Å²) in [6.45, 7) is 0. The molecule has 0 aliphatic rings. The Morgan fingerprint density at radius 1 is 1.39 bits per heavy atom. The Hall–Kier alpha value is -1.87. The fourth-order valence-corrected chi connectivity index (χ4v) is 2.41. The monoisotopic (exact) mass is 341 g/mol. The largest absolute Gasteiger partial charge is 1.00 e. The van der Waals surface area contributed by atoms with E-state index in [1.807, 2.05) is 0 Å². The number of carbonyl (C=O) groups excluding carboxylic acids is 1. The Kier molecular flexibility index (Phi) is 5.10. The van der Waals surface area contributed by atoms with Gasteiger partial charge in [0.25, 0.3) is 0 Å². The first-order chi connectivity index (χ1) is 10.5. The van der Waals surface area contributed by atoms with Gasteiger partial charge in [-0.05, 0) is 12.1 Å². The summed E-state index contributed by atoms with van der Waals surface area (Å²) >= 11 is 6.14. The quantitative estimate of drug-likeness (QED) is 0.519. The fraction of sp³-hybridized carbons (Fsp3) is 0.0769. The number of nitrogens with two attached hydrogens (primary N) is 1. The predicted molar refractivity (Wildman–Crippen MR) is 76.5 cm³/mol. The third kappa shape index (κ3) is 2.98. The Labute approximate surface area is 157 Å². The van der Waals surface area contributed by atoms with E-state index in [1.165, 1.54) is 30.2 Å². The minimum absolute atomic E-state index is 0. The van der Waals surface area contributed by atoms with Crippen molar-refractivity contribution in [3.05, 3.63) is 35.2 Å². The molecule has 0 saturated carbocycles. The number of rotatable bonds is 3. The van der Waals surface area contributed by atoms with Crippen LogP contribution in [0.4, 0.5) is 5.82 Å².